The van der Waals surface area contributed by atoms with Crippen LogP contribution in [-0.2, 0) is 4.43 Å². The quantitative estimate of drug-likeness (QED) is 0.580. The molecule has 0 atom stereocenters. The lowest BCUT2D eigenvalue weighted by molar-refractivity contribution is 0.383. The van der Waals surface area contributed by atoms with Gasteiger partial charge < -0.3 is 4.43 Å². The first-order chi connectivity index (χ1) is 5.68. The molecule has 0 aliphatic rings. The fourth-order valence-corrected chi connectivity index (χ4v) is 1.99. The maximum Gasteiger partial charge on any atom is 0.197 e. The Hall–Kier alpha value is 0.267. The normalized spacial score (nSPS) is 11.7. The smallest absolute Gasteiger partial charge is 0.197 e. The van der Waals surface area contributed by atoms with Gasteiger partial charge in [-0.25, -0.2) is 0 Å². The van der Waals surface area contributed by atoms with Crippen molar-refractivity contribution in [3.8, 4) is 0 Å². The Morgan fingerprint density at radius 1 is 1.17 bits per heavy atom. The van der Waals surface area contributed by atoms with Gasteiger partial charge in [-0.1, -0.05) is 46.9 Å². The number of hydrogen-bond donors (Lipinski definition) is 0. The Morgan fingerprint density at radius 2 is 1.75 bits per heavy atom. The van der Waals surface area contributed by atoms with Crippen molar-refractivity contribution in [2.45, 2.75) is 5.02 Å². The molecule has 12 heavy (non-hydrogen) atoms. The van der Waals surface area contributed by atoms with E-state index >= 15 is 0 Å². The zero-order valence-electron chi connectivity index (χ0n) is 6.14. The zero-order chi connectivity index (χ0) is 8.97. The topological polar surface area (TPSA) is 9.23 Å². The molecule has 0 saturated carbocycles. The molecule has 0 aliphatic heterocycles. The SMILES string of the molecule is Clc1ccc([SiH2]OC(Cl)Cl)cc1. The van der Waals surface area contributed by atoms with E-state index < -0.39 is 14.8 Å². The summed E-state index contributed by atoms with van der Waals surface area (Å²) in [6.45, 7) is 0. The highest BCUT2D eigenvalue weighted by Gasteiger charge is 1.99. The van der Waals surface area contributed by atoms with Crippen molar-refractivity contribution in [3.05, 3.63) is 29.3 Å². The molecular weight excluding hydrogens is 235 g/mol. The number of rotatable bonds is 3. The Bertz CT molecular complexity index is 237. The lowest BCUT2D eigenvalue weighted by atomic mass is 10.4. The third-order valence-corrected chi connectivity index (χ3v) is 3.52. The zero-order valence-corrected chi connectivity index (χ0v) is 9.82. The highest BCUT2D eigenvalue weighted by atomic mass is 35.5. The number of benzene rings is 1. The fraction of sp³-hybridized carbons (Fsp3) is 0.143. The van der Waals surface area contributed by atoms with E-state index in [4.69, 9.17) is 39.2 Å². The van der Waals surface area contributed by atoms with Gasteiger partial charge in [0.25, 0.3) is 0 Å². The van der Waals surface area contributed by atoms with E-state index in [9.17, 15) is 0 Å². The molecule has 66 valence electrons. The molecule has 0 N–H and O–H groups in total. The van der Waals surface area contributed by atoms with Crippen molar-refractivity contribution in [1.82, 2.24) is 0 Å². The van der Waals surface area contributed by atoms with Gasteiger partial charge in [0, 0.05) is 5.02 Å². The van der Waals surface area contributed by atoms with Crippen LogP contribution in [0.3, 0.4) is 0 Å². The van der Waals surface area contributed by atoms with E-state index in [0.717, 1.165) is 10.2 Å². The molecule has 0 bridgehead atoms. The molecule has 0 fully saturated rings. The number of hydrogen-bond acceptors (Lipinski definition) is 1. The Kier molecular flexibility index (Phi) is 4.39. The van der Waals surface area contributed by atoms with Crippen LogP contribution in [0.2, 0.25) is 5.02 Å². The molecule has 0 aromatic heterocycles. The van der Waals surface area contributed by atoms with Gasteiger partial charge in [0.1, 0.15) is 0 Å². The van der Waals surface area contributed by atoms with E-state index in [1.807, 2.05) is 24.3 Å². The van der Waals surface area contributed by atoms with Crippen molar-refractivity contribution < 1.29 is 4.43 Å². The van der Waals surface area contributed by atoms with Crippen molar-refractivity contribution >= 4 is 49.8 Å². The van der Waals surface area contributed by atoms with E-state index in [0.29, 0.717) is 0 Å². The highest BCUT2D eigenvalue weighted by Crippen LogP contribution is 2.04. The summed E-state index contributed by atoms with van der Waals surface area (Å²) in [6.07, 6.45) is 0. The number of alkyl halides is 2. The minimum atomic E-state index is -0.797. The average Bonchev–Trinajstić information content (AvgIpc) is 2.03. The summed E-state index contributed by atoms with van der Waals surface area (Å²) in [5.74, 6) is 0. The third-order valence-electron chi connectivity index (χ3n) is 1.29. The van der Waals surface area contributed by atoms with Gasteiger partial charge in [0.15, 0.2) is 14.8 Å². The van der Waals surface area contributed by atoms with E-state index in [2.05, 4.69) is 0 Å². The standard InChI is InChI=1S/C7H7Cl3OSi/c8-5-1-3-6(4-2-5)12-11-7(9)10/h1-4,7H,12H2. The van der Waals surface area contributed by atoms with E-state index in [-0.39, 0.29) is 0 Å². The lowest BCUT2D eigenvalue weighted by Crippen LogP contribution is -2.18. The van der Waals surface area contributed by atoms with E-state index in [1.54, 1.807) is 0 Å². The van der Waals surface area contributed by atoms with Gasteiger partial charge in [-0.3, -0.25) is 0 Å². The first-order valence-corrected chi connectivity index (χ1v) is 5.86. The average molecular weight is 242 g/mol. The number of halogens is 3. The van der Waals surface area contributed by atoms with Crippen LogP contribution in [0.1, 0.15) is 0 Å². The molecule has 0 saturated heterocycles. The molecule has 1 rings (SSSR count). The summed E-state index contributed by atoms with van der Waals surface area (Å²) in [5, 5.41) is 1.14. The molecule has 0 amide bonds. The minimum Gasteiger partial charge on any atom is -0.391 e. The Morgan fingerprint density at radius 3 is 2.25 bits per heavy atom. The summed E-state index contributed by atoms with van der Waals surface area (Å²) >= 11 is 16.5. The van der Waals surface area contributed by atoms with Gasteiger partial charge in [-0.2, -0.15) is 0 Å². The van der Waals surface area contributed by atoms with Crippen LogP contribution in [0.25, 0.3) is 0 Å². The molecule has 0 unspecified atom stereocenters. The Balaban J connectivity index is 2.48. The second kappa shape index (κ2) is 5.10. The molecule has 1 nitrogen and oxygen atoms in total. The van der Waals surface area contributed by atoms with Crippen molar-refractivity contribution in [3.63, 3.8) is 0 Å². The van der Waals surface area contributed by atoms with Crippen LogP contribution < -0.4 is 5.19 Å². The molecule has 0 spiro atoms. The van der Waals surface area contributed by atoms with Crippen LogP contribution in [0.4, 0.5) is 0 Å². The molecular formula is C7H7Cl3OSi. The first kappa shape index (κ1) is 10.3. The van der Waals surface area contributed by atoms with Gasteiger partial charge in [0.2, 0.25) is 0 Å². The molecule has 1 aromatic carbocycles. The van der Waals surface area contributed by atoms with Crippen LogP contribution in [0.15, 0.2) is 24.3 Å². The van der Waals surface area contributed by atoms with Crippen molar-refractivity contribution in [2.75, 3.05) is 0 Å². The van der Waals surface area contributed by atoms with Gasteiger partial charge in [0.05, 0.1) is 0 Å². The van der Waals surface area contributed by atoms with Crippen molar-refractivity contribution in [2.24, 2.45) is 0 Å². The highest BCUT2D eigenvalue weighted by molar-refractivity contribution is 6.51. The first-order valence-electron chi connectivity index (χ1n) is 3.32. The summed E-state index contributed by atoms with van der Waals surface area (Å²) in [6, 6.07) is 7.49. The van der Waals surface area contributed by atoms with E-state index in [1.165, 1.54) is 0 Å². The van der Waals surface area contributed by atoms with Gasteiger partial charge >= 0.3 is 0 Å². The Labute approximate surface area is 88.5 Å². The fourth-order valence-electron chi connectivity index (χ4n) is 0.740. The molecule has 0 aliphatic carbocycles. The monoisotopic (exact) mass is 240 g/mol. The molecule has 1 aromatic rings. The van der Waals surface area contributed by atoms with Crippen LogP contribution >= 0.6 is 34.8 Å². The van der Waals surface area contributed by atoms with Crippen LogP contribution in [-0.4, -0.2) is 14.8 Å². The minimum absolute atomic E-state index is 0.715. The predicted molar refractivity (Wildman–Crippen MR) is 56.2 cm³/mol. The largest absolute Gasteiger partial charge is 0.391 e. The predicted octanol–water partition coefficient (Wildman–Crippen LogP) is 1.83. The third kappa shape index (κ3) is 3.78. The lowest BCUT2D eigenvalue weighted by Gasteiger charge is -2.03. The second-order valence-electron chi connectivity index (χ2n) is 2.20. The summed E-state index contributed by atoms with van der Waals surface area (Å²) in [5.41, 5.74) is 0. The van der Waals surface area contributed by atoms with Crippen LogP contribution in [0.5, 0.6) is 0 Å². The second-order valence-corrected chi connectivity index (χ2v) is 5.09. The van der Waals surface area contributed by atoms with Crippen LogP contribution in [0, 0.1) is 0 Å². The maximum atomic E-state index is 5.70. The summed E-state index contributed by atoms with van der Waals surface area (Å²) in [4.78, 5) is 0. The van der Waals surface area contributed by atoms with Crippen molar-refractivity contribution in [1.29, 1.82) is 0 Å². The maximum absolute atomic E-state index is 5.70. The summed E-state index contributed by atoms with van der Waals surface area (Å²) in [7, 11) is -0.797. The molecule has 0 heterocycles. The molecule has 0 radical (unpaired) electrons. The molecule has 5 heteroatoms. The van der Waals surface area contributed by atoms with Gasteiger partial charge in [-0.05, 0) is 17.3 Å². The van der Waals surface area contributed by atoms with Gasteiger partial charge in [-0.15, -0.1) is 0 Å². The summed E-state index contributed by atoms with van der Waals surface area (Å²) < 4.78 is 5.09.